The van der Waals surface area contributed by atoms with Crippen LogP contribution in [0.15, 0.2) is 30.3 Å². The van der Waals surface area contributed by atoms with Gasteiger partial charge in [-0.15, -0.1) is 0 Å². The second-order valence-corrected chi connectivity index (χ2v) is 9.62. The van der Waals surface area contributed by atoms with Crippen molar-refractivity contribution in [3.8, 4) is 0 Å². The molecule has 2 amide bonds. The van der Waals surface area contributed by atoms with E-state index in [1.54, 1.807) is 25.1 Å². The molecule has 166 valence electrons. The maximum atomic E-state index is 12.9. The molecule has 1 aliphatic rings. The van der Waals surface area contributed by atoms with Crippen LogP contribution in [0.25, 0.3) is 10.2 Å². The highest BCUT2D eigenvalue weighted by molar-refractivity contribution is 7.22. The Bertz CT molecular complexity index is 1240. The quantitative estimate of drug-likeness (QED) is 0.552. The average molecular weight is 452 g/mol. The highest BCUT2D eigenvalue weighted by atomic mass is 32.1. The molecule has 2 N–H and O–H groups in total. The average Bonchev–Trinajstić information content (AvgIpc) is 3.28. The van der Waals surface area contributed by atoms with Gasteiger partial charge in [0.2, 0.25) is 5.91 Å². The van der Waals surface area contributed by atoms with E-state index in [-0.39, 0.29) is 17.8 Å². The summed E-state index contributed by atoms with van der Waals surface area (Å²) in [7, 11) is 1.32. The van der Waals surface area contributed by atoms with Crippen molar-refractivity contribution in [3.63, 3.8) is 0 Å². The van der Waals surface area contributed by atoms with Crippen LogP contribution < -0.4 is 10.6 Å². The van der Waals surface area contributed by atoms with Gasteiger partial charge in [0, 0.05) is 11.3 Å². The molecular formula is C24H25N3O4S. The van der Waals surface area contributed by atoms with Gasteiger partial charge in [-0.3, -0.25) is 14.4 Å². The minimum atomic E-state index is -0.771. The lowest BCUT2D eigenvalue weighted by molar-refractivity contribution is -0.147. The number of benzene rings is 2. The van der Waals surface area contributed by atoms with Gasteiger partial charge in [-0.1, -0.05) is 29.0 Å². The lowest BCUT2D eigenvalue weighted by Gasteiger charge is -2.12. The summed E-state index contributed by atoms with van der Waals surface area (Å²) in [5.41, 5.74) is 4.42. The summed E-state index contributed by atoms with van der Waals surface area (Å²) in [6.45, 7) is 7.70. The standard InChI is InChI=1S/C24H25N3O4S/c1-12-8-13(2)19(14(3)9-12)26-20(28)15-6-7-17-18(10-15)32-23(25-17)27-21(29)16-11-24(16,4)22(30)31-5/h6-10,16H,11H2,1-5H3,(H,26,28)(H,25,27,29). The number of esters is 1. The van der Waals surface area contributed by atoms with Crippen LogP contribution in [-0.2, 0) is 14.3 Å². The lowest BCUT2D eigenvalue weighted by Crippen LogP contribution is -2.23. The smallest absolute Gasteiger partial charge is 0.312 e. The lowest BCUT2D eigenvalue weighted by atomic mass is 10.0. The summed E-state index contributed by atoms with van der Waals surface area (Å²) in [6, 6.07) is 9.33. The number of carbonyl (C=O) groups is 3. The first-order valence-electron chi connectivity index (χ1n) is 10.3. The van der Waals surface area contributed by atoms with Crippen LogP contribution in [0, 0.1) is 32.1 Å². The predicted octanol–water partition coefficient (Wildman–Crippen LogP) is 4.61. The van der Waals surface area contributed by atoms with Crippen molar-refractivity contribution >= 4 is 50.2 Å². The van der Waals surface area contributed by atoms with E-state index < -0.39 is 11.3 Å². The van der Waals surface area contributed by atoms with Crippen LogP contribution in [0.4, 0.5) is 10.8 Å². The summed E-state index contributed by atoms with van der Waals surface area (Å²) in [6.07, 6.45) is 0.457. The molecule has 0 bridgehead atoms. The van der Waals surface area contributed by atoms with Gasteiger partial charge in [0.1, 0.15) is 0 Å². The second-order valence-electron chi connectivity index (χ2n) is 8.58. The number of hydrogen-bond donors (Lipinski definition) is 2. The number of carbonyl (C=O) groups excluding carboxylic acids is 3. The van der Waals surface area contributed by atoms with Crippen LogP contribution in [-0.4, -0.2) is 29.9 Å². The summed E-state index contributed by atoms with van der Waals surface area (Å²) in [5, 5.41) is 6.24. The molecule has 1 heterocycles. The molecule has 2 atom stereocenters. The number of aromatic nitrogens is 1. The monoisotopic (exact) mass is 451 g/mol. The van der Waals surface area contributed by atoms with E-state index in [0.717, 1.165) is 27.1 Å². The summed E-state index contributed by atoms with van der Waals surface area (Å²) < 4.78 is 5.57. The largest absolute Gasteiger partial charge is 0.469 e. The maximum Gasteiger partial charge on any atom is 0.312 e. The van der Waals surface area contributed by atoms with Crippen molar-refractivity contribution in [3.05, 3.63) is 52.6 Å². The molecule has 1 fully saturated rings. The molecule has 0 saturated heterocycles. The number of anilines is 2. The molecule has 2 unspecified atom stereocenters. The third-order valence-corrected chi connectivity index (χ3v) is 6.94. The molecule has 7 nitrogen and oxygen atoms in total. The molecule has 0 aliphatic heterocycles. The number of ether oxygens (including phenoxy) is 1. The molecule has 1 aromatic heterocycles. The molecule has 3 aromatic rings. The first-order valence-corrected chi connectivity index (χ1v) is 11.1. The number of nitrogens with one attached hydrogen (secondary N) is 2. The first-order chi connectivity index (χ1) is 15.1. The van der Waals surface area contributed by atoms with E-state index in [1.165, 1.54) is 18.4 Å². The number of aryl methyl sites for hydroxylation is 3. The second kappa shape index (κ2) is 8.02. The zero-order valence-electron chi connectivity index (χ0n) is 18.7. The zero-order valence-corrected chi connectivity index (χ0v) is 19.5. The van der Waals surface area contributed by atoms with E-state index in [9.17, 15) is 14.4 Å². The third-order valence-electron chi connectivity index (χ3n) is 6.00. The van der Waals surface area contributed by atoms with Gasteiger partial charge >= 0.3 is 5.97 Å². The highest BCUT2D eigenvalue weighted by Crippen LogP contribution is 2.53. The summed E-state index contributed by atoms with van der Waals surface area (Å²) in [5.74, 6) is -1.26. The highest BCUT2D eigenvalue weighted by Gasteiger charge is 2.61. The Kier molecular flexibility index (Phi) is 5.50. The fourth-order valence-electron chi connectivity index (χ4n) is 4.08. The number of nitrogens with zero attached hydrogens (tertiary/aromatic N) is 1. The topological polar surface area (TPSA) is 97.4 Å². The van der Waals surface area contributed by atoms with Crippen molar-refractivity contribution in [1.29, 1.82) is 0 Å². The minimum absolute atomic E-state index is 0.201. The van der Waals surface area contributed by atoms with E-state index in [1.807, 2.05) is 32.9 Å². The van der Waals surface area contributed by atoms with Crippen molar-refractivity contribution < 1.29 is 19.1 Å². The molecular weight excluding hydrogens is 426 g/mol. The number of methoxy groups -OCH3 is 1. The molecule has 1 aliphatic carbocycles. The van der Waals surface area contributed by atoms with E-state index in [4.69, 9.17) is 4.74 Å². The van der Waals surface area contributed by atoms with Crippen LogP contribution in [0.2, 0.25) is 0 Å². The SMILES string of the molecule is COC(=O)C1(C)CC1C(=O)Nc1nc2ccc(C(=O)Nc3c(C)cc(C)cc3C)cc2s1. The predicted molar refractivity (Wildman–Crippen MR) is 125 cm³/mol. The molecule has 0 radical (unpaired) electrons. The summed E-state index contributed by atoms with van der Waals surface area (Å²) >= 11 is 1.29. The van der Waals surface area contributed by atoms with Crippen molar-refractivity contribution in [2.24, 2.45) is 11.3 Å². The summed E-state index contributed by atoms with van der Waals surface area (Å²) in [4.78, 5) is 41.7. The molecule has 32 heavy (non-hydrogen) atoms. The minimum Gasteiger partial charge on any atom is -0.469 e. The normalized spacial score (nSPS) is 19.5. The van der Waals surface area contributed by atoms with E-state index >= 15 is 0 Å². The van der Waals surface area contributed by atoms with Crippen molar-refractivity contribution in [2.45, 2.75) is 34.1 Å². The van der Waals surface area contributed by atoms with Crippen LogP contribution in [0.5, 0.6) is 0 Å². The van der Waals surface area contributed by atoms with Gasteiger partial charge in [-0.25, -0.2) is 4.98 Å². The Morgan fingerprint density at radius 3 is 2.44 bits per heavy atom. The van der Waals surface area contributed by atoms with Crippen LogP contribution >= 0.6 is 11.3 Å². The Hall–Kier alpha value is -3.26. The van der Waals surface area contributed by atoms with Crippen molar-refractivity contribution in [1.82, 2.24) is 4.98 Å². The zero-order chi connectivity index (χ0) is 23.2. The third kappa shape index (κ3) is 3.98. The maximum absolute atomic E-state index is 12.9. The number of rotatable bonds is 5. The Labute approximate surface area is 190 Å². The Morgan fingerprint density at radius 2 is 1.78 bits per heavy atom. The molecule has 0 spiro atoms. The molecule has 4 rings (SSSR count). The number of hydrogen-bond acceptors (Lipinski definition) is 6. The fourth-order valence-corrected chi connectivity index (χ4v) is 4.99. The van der Waals surface area contributed by atoms with Gasteiger partial charge < -0.3 is 15.4 Å². The number of fused-ring (bicyclic) bond motifs is 1. The van der Waals surface area contributed by atoms with Crippen LogP contribution in [0.1, 0.15) is 40.4 Å². The van der Waals surface area contributed by atoms with Crippen molar-refractivity contribution in [2.75, 3.05) is 17.7 Å². The van der Waals surface area contributed by atoms with Gasteiger partial charge in [0.05, 0.1) is 28.7 Å². The number of thiazole rings is 1. The van der Waals surface area contributed by atoms with Gasteiger partial charge in [-0.05, 0) is 63.4 Å². The Balaban J connectivity index is 1.49. The van der Waals surface area contributed by atoms with E-state index in [2.05, 4.69) is 15.6 Å². The Morgan fingerprint density at radius 1 is 1.09 bits per heavy atom. The number of amides is 2. The molecule has 8 heteroatoms. The van der Waals surface area contributed by atoms with Crippen LogP contribution in [0.3, 0.4) is 0 Å². The van der Waals surface area contributed by atoms with Gasteiger partial charge in [0.25, 0.3) is 5.91 Å². The molecule has 1 saturated carbocycles. The van der Waals surface area contributed by atoms with Gasteiger partial charge in [0.15, 0.2) is 5.13 Å². The van der Waals surface area contributed by atoms with E-state index in [0.29, 0.717) is 22.6 Å². The van der Waals surface area contributed by atoms with Gasteiger partial charge in [-0.2, -0.15) is 0 Å². The first kappa shape index (κ1) is 22.0. The molecule has 2 aromatic carbocycles. The fraction of sp³-hybridized carbons (Fsp3) is 0.333.